The van der Waals surface area contributed by atoms with E-state index in [9.17, 15) is 0 Å². The van der Waals surface area contributed by atoms with E-state index in [4.69, 9.17) is 5.11 Å². The highest BCUT2D eigenvalue weighted by molar-refractivity contribution is 5.39. The summed E-state index contributed by atoms with van der Waals surface area (Å²) < 4.78 is 0. The second-order valence-electron chi connectivity index (χ2n) is 1.95. The molecule has 2 heteroatoms. The molecule has 2 N–H and O–H groups in total. The van der Waals surface area contributed by atoms with Crippen molar-refractivity contribution in [3.05, 3.63) is 38.1 Å². The molecule has 0 amide bonds. The Morgan fingerprint density at radius 2 is 2.10 bits per heavy atom. The SMILES string of the molecule is OCCN[C][C]1[CH][CH][CH][CH]1. The van der Waals surface area contributed by atoms with E-state index in [2.05, 4.69) is 11.9 Å². The third kappa shape index (κ3) is 2.67. The largest absolute Gasteiger partial charge is 0.395 e. The van der Waals surface area contributed by atoms with Crippen molar-refractivity contribution >= 4 is 0 Å². The van der Waals surface area contributed by atoms with Gasteiger partial charge in [-0.05, 0) is 25.7 Å². The number of hydrogen-bond donors (Lipinski definition) is 2. The Morgan fingerprint density at radius 3 is 2.70 bits per heavy atom. The summed E-state index contributed by atoms with van der Waals surface area (Å²) in [6, 6.07) is 0. The van der Waals surface area contributed by atoms with Crippen LogP contribution in [0.15, 0.2) is 0 Å². The van der Waals surface area contributed by atoms with E-state index in [1.54, 1.807) is 0 Å². The van der Waals surface area contributed by atoms with Gasteiger partial charge in [0.2, 0.25) is 0 Å². The lowest BCUT2D eigenvalue weighted by molar-refractivity contribution is 0.296. The Labute approximate surface area is 62.6 Å². The van der Waals surface area contributed by atoms with Gasteiger partial charge in [-0.3, -0.25) is 0 Å². The zero-order valence-corrected chi connectivity index (χ0v) is 5.67. The summed E-state index contributed by atoms with van der Waals surface area (Å²) in [7, 11) is 0. The Kier molecular flexibility index (Phi) is 3.76. The summed E-state index contributed by atoms with van der Waals surface area (Å²) in [6.07, 6.45) is 7.79. The maximum Gasteiger partial charge on any atom is 0.0668 e. The predicted octanol–water partition coefficient (Wildman–Crippen LogP) is 0.0123. The van der Waals surface area contributed by atoms with Crippen LogP contribution < -0.4 is 5.32 Å². The molecule has 0 aliphatic heterocycles. The Balaban J connectivity index is 1.91. The van der Waals surface area contributed by atoms with Crippen LogP contribution >= 0.6 is 0 Å². The molecule has 1 aliphatic rings. The van der Waals surface area contributed by atoms with Gasteiger partial charge in [0.25, 0.3) is 0 Å². The molecule has 0 spiro atoms. The number of aliphatic hydroxyl groups excluding tert-OH is 1. The first kappa shape index (κ1) is 8.02. The lowest BCUT2D eigenvalue weighted by atomic mass is 10.1. The Morgan fingerprint density at radius 1 is 1.40 bits per heavy atom. The van der Waals surface area contributed by atoms with E-state index >= 15 is 0 Å². The Hall–Kier alpha value is -0.0800. The zero-order valence-electron chi connectivity index (χ0n) is 5.67. The molecule has 1 rings (SSSR count). The number of nitrogens with one attached hydrogen (secondary N) is 1. The third-order valence-electron chi connectivity index (χ3n) is 1.13. The number of aliphatic hydroxyl groups is 1. The van der Waals surface area contributed by atoms with E-state index < -0.39 is 0 Å². The highest BCUT2D eigenvalue weighted by Crippen LogP contribution is 2.23. The highest BCUT2D eigenvalue weighted by atomic mass is 16.3. The molecule has 0 saturated heterocycles. The van der Waals surface area contributed by atoms with Crippen LogP contribution in [0.25, 0.3) is 0 Å². The highest BCUT2D eigenvalue weighted by Gasteiger charge is 2.16. The molecular weight excluding hydrogens is 126 g/mol. The predicted molar refractivity (Wildman–Crippen MR) is 38.8 cm³/mol. The smallest absolute Gasteiger partial charge is 0.0668 e. The molecule has 0 aromatic carbocycles. The van der Waals surface area contributed by atoms with Crippen LogP contribution in [0.5, 0.6) is 0 Å². The molecule has 0 unspecified atom stereocenters. The van der Waals surface area contributed by atoms with E-state index in [1.165, 1.54) is 0 Å². The average Bonchev–Trinajstić information content (AvgIpc) is 2.41. The van der Waals surface area contributed by atoms with Crippen molar-refractivity contribution in [2.24, 2.45) is 0 Å². The van der Waals surface area contributed by atoms with Crippen molar-refractivity contribution in [3.63, 3.8) is 0 Å². The molecular formula is C8H10NO. The minimum absolute atomic E-state index is 0.147. The maximum atomic E-state index is 8.39. The fourth-order valence-electron chi connectivity index (χ4n) is 0.678. The van der Waals surface area contributed by atoms with Crippen molar-refractivity contribution in [2.75, 3.05) is 13.2 Å². The fraction of sp³-hybridized carbons (Fsp3) is 0.250. The topological polar surface area (TPSA) is 32.3 Å². The molecule has 0 atom stereocenters. The average molecular weight is 136 g/mol. The summed E-state index contributed by atoms with van der Waals surface area (Å²) >= 11 is 0. The van der Waals surface area contributed by atoms with E-state index in [1.807, 2.05) is 25.7 Å². The van der Waals surface area contributed by atoms with E-state index in [0.29, 0.717) is 6.54 Å². The van der Waals surface area contributed by atoms with Crippen LogP contribution in [0.4, 0.5) is 0 Å². The molecule has 0 aromatic rings. The van der Waals surface area contributed by atoms with Crippen molar-refractivity contribution in [1.29, 1.82) is 0 Å². The standard InChI is InChI=1S/C8H10NO/c10-6-5-9-7-8-3-1-2-4-8/h1-4,9-10H,5-6H2. The monoisotopic (exact) mass is 136 g/mol. The van der Waals surface area contributed by atoms with Gasteiger partial charge < -0.3 is 10.4 Å². The van der Waals surface area contributed by atoms with Crippen molar-refractivity contribution in [1.82, 2.24) is 5.32 Å². The summed E-state index contributed by atoms with van der Waals surface area (Å²) in [5.41, 5.74) is 0. The first-order valence-corrected chi connectivity index (χ1v) is 3.25. The molecule has 1 aliphatic carbocycles. The van der Waals surface area contributed by atoms with Gasteiger partial charge in [-0.25, -0.2) is 0 Å². The molecule has 1 saturated carbocycles. The molecule has 0 heterocycles. The summed E-state index contributed by atoms with van der Waals surface area (Å²) in [5, 5.41) is 11.2. The van der Waals surface area contributed by atoms with Gasteiger partial charge in [-0.15, -0.1) is 0 Å². The van der Waals surface area contributed by atoms with Crippen LogP contribution in [0.1, 0.15) is 0 Å². The minimum Gasteiger partial charge on any atom is -0.395 e. The number of rotatable bonds is 4. The van der Waals surface area contributed by atoms with Gasteiger partial charge in [0, 0.05) is 12.5 Å². The number of hydrogen-bond acceptors (Lipinski definition) is 2. The summed E-state index contributed by atoms with van der Waals surface area (Å²) in [5.74, 6) is 1.02. The van der Waals surface area contributed by atoms with Crippen LogP contribution in [0.2, 0.25) is 0 Å². The molecule has 2 nitrogen and oxygen atoms in total. The third-order valence-corrected chi connectivity index (χ3v) is 1.13. The van der Waals surface area contributed by atoms with E-state index in [0.717, 1.165) is 5.92 Å². The van der Waals surface area contributed by atoms with Crippen molar-refractivity contribution < 1.29 is 5.11 Å². The van der Waals surface area contributed by atoms with Crippen LogP contribution in [-0.2, 0) is 0 Å². The van der Waals surface area contributed by atoms with Gasteiger partial charge in [0.1, 0.15) is 0 Å². The molecule has 0 bridgehead atoms. The quantitative estimate of drug-likeness (QED) is 0.421. The normalized spacial score (nSPS) is 20.1. The minimum atomic E-state index is 0.147. The van der Waals surface area contributed by atoms with Gasteiger partial charge in [0.15, 0.2) is 0 Å². The lowest BCUT2D eigenvalue weighted by Crippen LogP contribution is -2.18. The van der Waals surface area contributed by atoms with Gasteiger partial charge in [0.05, 0.1) is 13.2 Å². The van der Waals surface area contributed by atoms with Crippen molar-refractivity contribution in [3.8, 4) is 0 Å². The lowest BCUT2D eigenvalue weighted by Gasteiger charge is -2.05. The molecule has 1 fully saturated rings. The first-order valence-electron chi connectivity index (χ1n) is 3.25. The second kappa shape index (κ2) is 4.69. The summed E-state index contributed by atoms with van der Waals surface area (Å²) in [4.78, 5) is 0. The van der Waals surface area contributed by atoms with Gasteiger partial charge >= 0.3 is 0 Å². The molecule has 7 radical (unpaired) electrons. The van der Waals surface area contributed by atoms with Gasteiger partial charge in [-0.2, -0.15) is 0 Å². The summed E-state index contributed by atoms with van der Waals surface area (Å²) in [6.45, 7) is 3.62. The van der Waals surface area contributed by atoms with Gasteiger partial charge in [-0.1, -0.05) is 0 Å². The van der Waals surface area contributed by atoms with E-state index in [-0.39, 0.29) is 6.61 Å². The zero-order chi connectivity index (χ0) is 7.23. The molecule has 10 heavy (non-hydrogen) atoms. The molecule has 53 valence electrons. The van der Waals surface area contributed by atoms with Crippen LogP contribution in [0.3, 0.4) is 0 Å². The second-order valence-corrected chi connectivity index (χ2v) is 1.95. The van der Waals surface area contributed by atoms with Crippen LogP contribution in [-0.4, -0.2) is 18.3 Å². The fourth-order valence-corrected chi connectivity index (χ4v) is 0.678. The maximum absolute atomic E-state index is 8.39. The van der Waals surface area contributed by atoms with Crippen molar-refractivity contribution in [2.45, 2.75) is 0 Å². The van der Waals surface area contributed by atoms with Crippen LogP contribution in [0, 0.1) is 38.1 Å². The Bertz CT molecular complexity index is 79.3. The first-order chi connectivity index (χ1) is 4.93. The molecule has 0 aromatic heterocycles.